The lowest BCUT2D eigenvalue weighted by molar-refractivity contribution is 0.170. The minimum Gasteiger partial charge on any atom is -0.354 e. The fraction of sp³-hybridized carbons (Fsp3) is 0.643. The van der Waals surface area contributed by atoms with Gasteiger partial charge in [-0.05, 0) is 27.8 Å². The van der Waals surface area contributed by atoms with Crippen LogP contribution in [0.1, 0.15) is 20.8 Å². The van der Waals surface area contributed by atoms with E-state index in [0.717, 1.165) is 36.6 Å². The summed E-state index contributed by atoms with van der Waals surface area (Å²) in [4.78, 5) is 21.3. The van der Waals surface area contributed by atoms with Gasteiger partial charge in [0.1, 0.15) is 5.52 Å². The highest BCUT2D eigenvalue weighted by molar-refractivity contribution is 5.84. The van der Waals surface area contributed by atoms with Crippen LogP contribution in [0.5, 0.6) is 0 Å². The molecule has 0 saturated carbocycles. The third kappa shape index (κ3) is 2.53. The third-order valence-electron chi connectivity index (χ3n) is 4.26. The highest BCUT2D eigenvalue weighted by Crippen LogP contribution is 2.26. The van der Waals surface area contributed by atoms with Crippen molar-refractivity contribution in [2.75, 3.05) is 36.9 Å². The maximum Gasteiger partial charge on any atom is 0.226 e. The lowest BCUT2D eigenvalue weighted by Crippen LogP contribution is -2.55. The molecule has 1 aliphatic heterocycles. The van der Waals surface area contributed by atoms with Crippen LogP contribution in [0.3, 0.4) is 0 Å². The summed E-state index contributed by atoms with van der Waals surface area (Å²) in [6.45, 7) is 9.25. The van der Waals surface area contributed by atoms with Gasteiger partial charge < -0.3 is 15.2 Å². The van der Waals surface area contributed by atoms with Gasteiger partial charge in [0.15, 0.2) is 11.5 Å². The number of aromatic amines is 1. The number of anilines is 2. The molecule has 7 heteroatoms. The summed E-state index contributed by atoms with van der Waals surface area (Å²) in [5.74, 6) is 1.59. The maximum atomic E-state index is 4.69. The van der Waals surface area contributed by atoms with Crippen LogP contribution in [0.4, 0.5) is 11.8 Å². The van der Waals surface area contributed by atoms with Crippen molar-refractivity contribution in [3.8, 4) is 0 Å². The maximum absolute atomic E-state index is 4.69. The van der Waals surface area contributed by atoms with E-state index in [2.05, 4.69) is 51.0 Å². The summed E-state index contributed by atoms with van der Waals surface area (Å²) >= 11 is 0. The van der Waals surface area contributed by atoms with Crippen molar-refractivity contribution in [3.63, 3.8) is 0 Å². The number of rotatable bonds is 3. The first-order valence-electron chi connectivity index (χ1n) is 7.52. The zero-order chi connectivity index (χ0) is 15.0. The Labute approximate surface area is 124 Å². The average molecular weight is 289 g/mol. The monoisotopic (exact) mass is 289 g/mol. The Morgan fingerprint density at radius 2 is 2.00 bits per heavy atom. The first-order valence-corrected chi connectivity index (χ1v) is 7.52. The summed E-state index contributed by atoms with van der Waals surface area (Å²) < 4.78 is 0. The lowest BCUT2D eigenvalue weighted by atomic mass is 10.1. The van der Waals surface area contributed by atoms with Crippen molar-refractivity contribution in [2.45, 2.75) is 32.9 Å². The number of likely N-dealkylation sites (N-methyl/N-ethyl adjacent to an activating group) is 1. The third-order valence-corrected chi connectivity index (χ3v) is 4.26. The fourth-order valence-corrected chi connectivity index (χ4v) is 2.86. The van der Waals surface area contributed by atoms with Crippen LogP contribution in [0.2, 0.25) is 0 Å². The molecule has 21 heavy (non-hydrogen) atoms. The minimum absolute atomic E-state index is 0.490. The number of imidazole rings is 1. The molecule has 0 bridgehead atoms. The van der Waals surface area contributed by atoms with Crippen LogP contribution in [0.15, 0.2) is 6.33 Å². The molecule has 0 amide bonds. The molecule has 2 atom stereocenters. The summed E-state index contributed by atoms with van der Waals surface area (Å²) in [7, 11) is 2.18. The number of nitrogens with one attached hydrogen (secondary N) is 2. The van der Waals surface area contributed by atoms with Crippen LogP contribution in [-0.4, -0.2) is 63.6 Å². The second kappa shape index (κ2) is 5.48. The molecule has 0 spiro atoms. The number of fused-ring (bicyclic) bond motifs is 1. The number of hydrogen-bond acceptors (Lipinski definition) is 6. The predicted octanol–water partition coefficient (Wildman–Crippen LogP) is 1.31. The Hall–Kier alpha value is -1.89. The number of piperazine rings is 1. The van der Waals surface area contributed by atoms with Gasteiger partial charge in [0.25, 0.3) is 0 Å². The highest BCUT2D eigenvalue weighted by Gasteiger charge is 2.29. The summed E-state index contributed by atoms with van der Waals surface area (Å²) in [6, 6.07) is 0.980. The summed E-state index contributed by atoms with van der Waals surface area (Å²) in [5.41, 5.74) is 1.63. The minimum atomic E-state index is 0.490. The van der Waals surface area contributed by atoms with Crippen molar-refractivity contribution in [1.82, 2.24) is 24.8 Å². The Morgan fingerprint density at radius 3 is 2.67 bits per heavy atom. The summed E-state index contributed by atoms with van der Waals surface area (Å²) in [5, 5.41) is 3.19. The number of hydrogen-bond donors (Lipinski definition) is 2. The molecule has 0 radical (unpaired) electrons. The first kappa shape index (κ1) is 14.1. The van der Waals surface area contributed by atoms with E-state index in [-0.39, 0.29) is 0 Å². The van der Waals surface area contributed by atoms with E-state index in [1.165, 1.54) is 0 Å². The zero-order valence-electron chi connectivity index (χ0n) is 13.1. The Bertz CT molecular complexity index is 611. The Balaban J connectivity index is 2.00. The van der Waals surface area contributed by atoms with E-state index >= 15 is 0 Å². The zero-order valence-corrected chi connectivity index (χ0v) is 13.1. The molecule has 2 unspecified atom stereocenters. The van der Waals surface area contributed by atoms with E-state index in [0.29, 0.717) is 18.0 Å². The van der Waals surface area contributed by atoms with E-state index < -0.39 is 0 Å². The standard InChI is InChI=1S/C14H23N7/c1-5-15-14-18-12-11(16-8-17-12)13(19-14)21-6-9(2)20(4)10(3)7-21/h8-10H,5-7H2,1-4H3,(H2,15,16,17,18,19). The Kier molecular flexibility index (Phi) is 3.67. The first-order chi connectivity index (χ1) is 10.1. The van der Waals surface area contributed by atoms with Crippen molar-refractivity contribution in [3.05, 3.63) is 6.33 Å². The SMILES string of the molecule is CCNc1nc(N2CC(C)N(C)C(C)C2)c2[nH]cnc2n1. The van der Waals surface area contributed by atoms with Gasteiger partial charge in [-0.3, -0.25) is 4.90 Å². The quantitative estimate of drug-likeness (QED) is 0.887. The molecular weight excluding hydrogens is 266 g/mol. The van der Waals surface area contributed by atoms with Crippen LogP contribution >= 0.6 is 0 Å². The van der Waals surface area contributed by atoms with Crippen molar-refractivity contribution >= 4 is 22.9 Å². The van der Waals surface area contributed by atoms with Crippen LogP contribution < -0.4 is 10.2 Å². The molecule has 2 aromatic heterocycles. The van der Waals surface area contributed by atoms with Crippen molar-refractivity contribution in [2.24, 2.45) is 0 Å². The number of H-pyrrole nitrogens is 1. The molecule has 1 aliphatic rings. The lowest BCUT2D eigenvalue weighted by Gasteiger charge is -2.43. The van der Waals surface area contributed by atoms with Gasteiger partial charge >= 0.3 is 0 Å². The fourth-order valence-electron chi connectivity index (χ4n) is 2.86. The molecule has 1 saturated heterocycles. The molecule has 0 aromatic carbocycles. The van der Waals surface area contributed by atoms with Crippen LogP contribution in [-0.2, 0) is 0 Å². The van der Waals surface area contributed by atoms with Crippen LogP contribution in [0.25, 0.3) is 11.2 Å². The molecule has 3 rings (SSSR count). The van der Waals surface area contributed by atoms with Crippen LogP contribution in [0, 0.1) is 0 Å². The van der Waals surface area contributed by atoms with Gasteiger partial charge in [0.05, 0.1) is 6.33 Å². The second-order valence-electron chi connectivity index (χ2n) is 5.77. The van der Waals surface area contributed by atoms with Crippen molar-refractivity contribution in [1.29, 1.82) is 0 Å². The Morgan fingerprint density at radius 1 is 1.29 bits per heavy atom. The normalized spacial score (nSPS) is 23.7. The van der Waals surface area contributed by atoms with Gasteiger partial charge in [0.2, 0.25) is 5.95 Å². The average Bonchev–Trinajstić information content (AvgIpc) is 2.92. The van der Waals surface area contributed by atoms with Gasteiger partial charge in [-0.2, -0.15) is 9.97 Å². The molecule has 0 aliphatic carbocycles. The largest absolute Gasteiger partial charge is 0.354 e. The molecular formula is C14H23N7. The van der Waals surface area contributed by atoms with E-state index in [1.807, 2.05) is 6.92 Å². The number of aromatic nitrogens is 4. The molecule has 2 N–H and O–H groups in total. The molecule has 1 fully saturated rings. The van der Waals surface area contributed by atoms with Gasteiger partial charge in [-0.1, -0.05) is 0 Å². The highest BCUT2D eigenvalue weighted by atomic mass is 15.3. The molecule has 114 valence electrons. The summed E-state index contributed by atoms with van der Waals surface area (Å²) in [6.07, 6.45) is 1.68. The van der Waals surface area contributed by atoms with Gasteiger partial charge in [-0.15, -0.1) is 0 Å². The van der Waals surface area contributed by atoms with E-state index in [9.17, 15) is 0 Å². The van der Waals surface area contributed by atoms with Crippen molar-refractivity contribution < 1.29 is 0 Å². The number of nitrogens with zero attached hydrogens (tertiary/aromatic N) is 5. The topological polar surface area (TPSA) is 73.0 Å². The molecule has 7 nitrogen and oxygen atoms in total. The van der Waals surface area contributed by atoms with E-state index in [1.54, 1.807) is 6.33 Å². The molecule has 3 heterocycles. The predicted molar refractivity (Wildman–Crippen MR) is 84.7 cm³/mol. The molecule has 2 aromatic rings. The second-order valence-corrected chi connectivity index (χ2v) is 5.77. The smallest absolute Gasteiger partial charge is 0.226 e. The van der Waals surface area contributed by atoms with Gasteiger partial charge in [-0.25, -0.2) is 4.98 Å². The van der Waals surface area contributed by atoms with E-state index in [4.69, 9.17) is 4.98 Å². The van der Waals surface area contributed by atoms with Gasteiger partial charge in [0, 0.05) is 31.7 Å².